The molecule has 2 aromatic rings. The summed E-state index contributed by atoms with van der Waals surface area (Å²) in [5.74, 6) is -1.52. The van der Waals surface area contributed by atoms with Crippen molar-refractivity contribution in [2.45, 2.75) is 19.4 Å². The monoisotopic (exact) mass is 371 g/mol. The number of carbonyl (C=O) groups excluding carboxylic acids is 2. The van der Waals surface area contributed by atoms with E-state index in [1.807, 2.05) is 6.92 Å². The maximum Gasteiger partial charge on any atom is 0.366 e. The molecule has 1 aromatic heterocycles. The molecule has 9 heteroatoms. The van der Waals surface area contributed by atoms with Crippen LogP contribution in [-0.4, -0.2) is 34.9 Å². The number of carbonyl (C=O) groups is 2. The lowest BCUT2D eigenvalue weighted by molar-refractivity contribution is -0.389. The van der Waals surface area contributed by atoms with E-state index in [1.165, 1.54) is 12.1 Å². The molecule has 27 heavy (non-hydrogen) atoms. The third kappa shape index (κ3) is 3.86. The molecule has 0 aliphatic carbocycles. The molecule has 1 atom stereocenters. The third-order valence-corrected chi connectivity index (χ3v) is 3.86. The van der Waals surface area contributed by atoms with Gasteiger partial charge in [0.1, 0.15) is 6.54 Å². The summed E-state index contributed by atoms with van der Waals surface area (Å²) in [7, 11) is 0. The maximum absolute atomic E-state index is 13.0. The van der Waals surface area contributed by atoms with Gasteiger partial charge in [-0.15, -0.1) is 0 Å². The normalized spacial score (nSPS) is 15.7. The summed E-state index contributed by atoms with van der Waals surface area (Å²) in [5.41, 5.74) is 0.596. The lowest BCUT2D eigenvalue weighted by Crippen LogP contribution is -2.44. The molecule has 1 unspecified atom stereocenters. The number of aromatic nitrogens is 1. The highest BCUT2D eigenvalue weighted by Crippen LogP contribution is 2.38. The van der Waals surface area contributed by atoms with Crippen molar-refractivity contribution in [1.82, 2.24) is 4.98 Å². The highest BCUT2D eigenvalue weighted by atomic mass is 16.6. The second-order valence-electron chi connectivity index (χ2n) is 5.80. The molecule has 0 bridgehead atoms. The summed E-state index contributed by atoms with van der Waals surface area (Å²) < 4.78 is 10.8. The van der Waals surface area contributed by atoms with Crippen LogP contribution in [0.4, 0.5) is 11.6 Å². The Hall–Kier alpha value is -3.49. The van der Waals surface area contributed by atoms with Crippen molar-refractivity contribution in [3.05, 3.63) is 58.1 Å². The van der Waals surface area contributed by atoms with Gasteiger partial charge in [0.25, 0.3) is 11.7 Å². The molecule has 1 aliphatic heterocycles. The Bertz CT molecular complexity index is 871. The minimum atomic E-state index is -0.985. The number of nitro groups is 1. The number of benzene rings is 1. The molecule has 1 aliphatic rings. The van der Waals surface area contributed by atoms with Crippen molar-refractivity contribution >= 4 is 23.5 Å². The summed E-state index contributed by atoms with van der Waals surface area (Å²) in [4.78, 5) is 40.3. The quantitative estimate of drug-likeness (QED) is 0.435. The summed E-state index contributed by atoms with van der Waals surface area (Å²) in [6.07, 6.45) is -0.351. The zero-order valence-corrected chi connectivity index (χ0v) is 14.5. The van der Waals surface area contributed by atoms with Crippen molar-refractivity contribution in [3.63, 3.8) is 0 Å². The zero-order valence-electron chi connectivity index (χ0n) is 14.5. The van der Waals surface area contributed by atoms with Crippen LogP contribution in [0.25, 0.3) is 0 Å². The Balaban J connectivity index is 1.99. The number of esters is 1. The molecule has 0 radical (unpaired) electrons. The fraction of sp³-hybridized carbons (Fsp3) is 0.278. The first-order valence-corrected chi connectivity index (χ1v) is 8.35. The van der Waals surface area contributed by atoms with Crippen molar-refractivity contribution in [1.29, 1.82) is 0 Å². The first-order valence-electron chi connectivity index (χ1n) is 8.35. The van der Waals surface area contributed by atoms with Crippen molar-refractivity contribution in [3.8, 4) is 5.75 Å². The van der Waals surface area contributed by atoms with Gasteiger partial charge >= 0.3 is 11.8 Å². The SMILES string of the molecule is CCCOC(=O)CN1C(=O)C(c2ccccc2)Oc2ccc([N+](=O)[O-])nc21. The standard InChI is InChI=1S/C18H17N3O6/c1-2-10-26-15(22)11-20-17-13(8-9-14(19-17)21(24)25)27-16(18(20)23)12-6-4-3-5-7-12/h3-9,16H,2,10-11H2,1H3. The number of rotatable bonds is 6. The molecule has 3 rings (SSSR count). The van der Waals surface area contributed by atoms with Crippen LogP contribution in [0.5, 0.6) is 5.75 Å². The average molecular weight is 371 g/mol. The summed E-state index contributed by atoms with van der Waals surface area (Å²) in [6.45, 7) is 1.65. The average Bonchev–Trinajstić information content (AvgIpc) is 2.68. The molecule has 1 aromatic carbocycles. The maximum atomic E-state index is 13.0. The van der Waals surface area contributed by atoms with Crippen LogP contribution in [0.2, 0.25) is 0 Å². The van der Waals surface area contributed by atoms with Gasteiger partial charge in [-0.3, -0.25) is 14.5 Å². The van der Waals surface area contributed by atoms with Gasteiger partial charge in [0.05, 0.1) is 6.61 Å². The van der Waals surface area contributed by atoms with E-state index in [9.17, 15) is 19.7 Å². The van der Waals surface area contributed by atoms with Crippen LogP contribution >= 0.6 is 0 Å². The Morgan fingerprint density at radius 1 is 1.30 bits per heavy atom. The Morgan fingerprint density at radius 3 is 2.70 bits per heavy atom. The molecule has 2 heterocycles. The number of hydrogen-bond acceptors (Lipinski definition) is 7. The van der Waals surface area contributed by atoms with Crippen LogP contribution in [0.1, 0.15) is 25.0 Å². The molecule has 9 nitrogen and oxygen atoms in total. The van der Waals surface area contributed by atoms with E-state index < -0.39 is 35.3 Å². The van der Waals surface area contributed by atoms with E-state index >= 15 is 0 Å². The largest absolute Gasteiger partial charge is 0.469 e. The first kappa shape index (κ1) is 18.3. The van der Waals surface area contributed by atoms with E-state index in [1.54, 1.807) is 30.3 Å². The molecule has 1 amide bonds. The van der Waals surface area contributed by atoms with Gasteiger partial charge in [0, 0.05) is 11.6 Å². The first-order chi connectivity index (χ1) is 13.0. The molecule has 140 valence electrons. The number of pyridine rings is 1. The second-order valence-corrected chi connectivity index (χ2v) is 5.80. The van der Waals surface area contributed by atoms with E-state index in [0.717, 1.165) is 4.90 Å². The number of fused-ring (bicyclic) bond motifs is 1. The predicted molar refractivity (Wildman–Crippen MR) is 94.3 cm³/mol. The number of nitrogens with zero attached hydrogens (tertiary/aromatic N) is 3. The van der Waals surface area contributed by atoms with Gasteiger partial charge in [-0.2, -0.15) is 0 Å². The van der Waals surface area contributed by atoms with E-state index in [2.05, 4.69) is 4.98 Å². The van der Waals surface area contributed by atoms with Crippen molar-refractivity contribution in [2.24, 2.45) is 0 Å². The van der Waals surface area contributed by atoms with Gasteiger partial charge in [0.2, 0.25) is 6.10 Å². The number of ether oxygens (including phenoxy) is 2. The lowest BCUT2D eigenvalue weighted by atomic mass is 10.1. The van der Waals surface area contributed by atoms with Crippen LogP contribution in [0.3, 0.4) is 0 Å². The van der Waals surface area contributed by atoms with Crippen LogP contribution in [0, 0.1) is 10.1 Å². The minimum Gasteiger partial charge on any atom is -0.469 e. The van der Waals surface area contributed by atoms with Gasteiger partial charge in [-0.05, 0) is 22.4 Å². The van der Waals surface area contributed by atoms with Gasteiger partial charge < -0.3 is 19.6 Å². The third-order valence-electron chi connectivity index (χ3n) is 3.86. The zero-order chi connectivity index (χ0) is 19.4. The van der Waals surface area contributed by atoms with Crippen LogP contribution in [-0.2, 0) is 14.3 Å². The van der Waals surface area contributed by atoms with Crippen molar-refractivity contribution < 1.29 is 24.0 Å². The molecular formula is C18H17N3O6. The topological polar surface area (TPSA) is 112 Å². The number of hydrogen-bond donors (Lipinski definition) is 0. The van der Waals surface area contributed by atoms with Gasteiger partial charge in [0.15, 0.2) is 5.75 Å². The Morgan fingerprint density at radius 2 is 2.04 bits per heavy atom. The fourth-order valence-corrected chi connectivity index (χ4v) is 2.62. The number of amides is 1. The Kier molecular flexibility index (Phi) is 5.30. The van der Waals surface area contributed by atoms with Crippen LogP contribution < -0.4 is 9.64 Å². The lowest BCUT2D eigenvalue weighted by Gasteiger charge is -2.30. The molecule has 0 saturated carbocycles. The molecule has 0 N–H and O–H groups in total. The molecular weight excluding hydrogens is 354 g/mol. The van der Waals surface area contributed by atoms with Gasteiger partial charge in [-0.1, -0.05) is 37.3 Å². The fourth-order valence-electron chi connectivity index (χ4n) is 2.62. The molecule has 0 spiro atoms. The van der Waals surface area contributed by atoms with Crippen LogP contribution in [0.15, 0.2) is 42.5 Å². The minimum absolute atomic E-state index is 0.0742. The second kappa shape index (κ2) is 7.81. The highest BCUT2D eigenvalue weighted by molar-refractivity contribution is 6.02. The summed E-state index contributed by atoms with van der Waals surface area (Å²) >= 11 is 0. The highest BCUT2D eigenvalue weighted by Gasteiger charge is 2.41. The smallest absolute Gasteiger partial charge is 0.366 e. The van der Waals surface area contributed by atoms with E-state index in [0.29, 0.717) is 12.0 Å². The Labute approximate surface area is 154 Å². The predicted octanol–water partition coefficient (Wildman–Crippen LogP) is 2.41. The van der Waals surface area contributed by atoms with E-state index in [4.69, 9.17) is 9.47 Å². The van der Waals surface area contributed by atoms with Gasteiger partial charge in [-0.25, -0.2) is 0 Å². The summed E-state index contributed by atoms with van der Waals surface area (Å²) in [6, 6.07) is 11.3. The molecule has 0 saturated heterocycles. The van der Waals surface area contributed by atoms with Crippen molar-refractivity contribution in [2.75, 3.05) is 18.1 Å². The number of anilines is 1. The van der Waals surface area contributed by atoms with E-state index in [-0.39, 0.29) is 18.2 Å². The molecule has 0 fully saturated rings. The summed E-state index contributed by atoms with van der Waals surface area (Å²) in [5, 5.41) is 11.0.